The van der Waals surface area contributed by atoms with Crippen LogP contribution >= 0.6 is 0 Å². The monoisotopic (exact) mass is 307 g/mol. The van der Waals surface area contributed by atoms with Crippen LogP contribution in [0.15, 0.2) is 29.2 Å². The Morgan fingerprint density at radius 1 is 1.33 bits per heavy atom. The number of hydrogen-bond donors (Lipinski definition) is 0. The van der Waals surface area contributed by atoms with Crippen molar-refractivity contribution in [1.82, 2.24) is 9.21 Å². The highest BCUT2D eigenvalue weighted by atomic mass is 32.2. The molecule has 1 heterocycles. The van der Waals surface area contributed by atoms with Crippen LogP contribution in [0.2, 0.25) is 0 Å². The summed E-state index contributed by atoms with van der Waals surface area (Å²) in [5.41, 5.74) is 0.374. The van der Waals surface area contributed by atoms with Gasteiger partial charge in [-0.1, -0.05) is 6.07 Å². The van der Waals surface area contributed by atoms with Crippen molar-refractivity contribution in [3.8, 4) is 6.07 Å². The molecule has 6 heteroatoms. The van der Waals surface area contributed by atoms with E-state index in [1.165, 1.54) is 10.4 Å². The lowest BCUT2D eigenvalue weighted by Crippen LogP contribution is -2.40. The molecule has 0 spiro atoms. The Morgan fingerprint density at radius 2 is 2.00 bits per heavy atom. The maximum Gasteiger partial charge on any atom is 0.243 e. The molecular weight excluding hydrogens is 286 g/mol. The SMILES string of the molecule is CN(C)CC1CCN(S(=O)(=O)c2cccc(C#N)c2)CC1. The number of nitrogens with zero attached hydrogens (tertiary/aromatic N) is 3. The van der Waals surface area contributed by atoms with Crippen molar-refractivity contribution in [2.75, 3.05) is 33.7 Å². The fraction of sp³-hybridized carbons (Fsp3) is 0.533. The van der Waals surface area contributed by atoms with Crippen LogP contribution in [0, 0.1) is 17.2 Å². The summed E-state index contributed by atoms with van der Waals surface area (Å²) >= 11 is 0. The second-order valence-corrected chi connectivity index (χ2v) is 7.69. The third kappa shape index (κ3) is 3.82. The Hall–Kier alpha value is -1.42. The smallest absolute Gasteiger partial charge is 0.243 e. The molecule has 0 unspecified atom stereocenters. The van der Waals surface area contributed by atoms with Crippen LogP contribution in [0.5, 0.6) is 0 Å². The second kappa shape index (κ2) is 6.56. The third-order valence-electron chi connectivity index (χ3n) is 3.80. The Morgan fingerprint density at radius 3 is 2.57 bits per heavy atom. The van der Waals surface area contributed by atoms with Gasteiger partial charge >= 0.3 is 0 Å². The first-order valence-corrected chi connectivity index (χ1v) is 8.52. The summed E-state index contributed by atoms with van der Waals surface area (Å²) in [7, 11) is 0.598. The van der Waals surface area contributed by atoms with Gasteiger partial charge in [0.15, 0.2) is 0 Å². The van der Waals surface area contributed by atoms with Gasteiger partial charge in [-0.2, -0.15) is 9.57 Å². The fourth-order valence-electron chi connectivity index (χ4n) is 2.72. The van der Waals surface area contributed by atoms with E-state index < -0.39 is 10.0 Å². The molecule has 1 aliphatic heterocycles. The topological polar surface area (TPSA) is 64.4 Å². The summed E-state index contributed by atoms with van der Waals surface area (Å²) in [5, 5.41) is 8.89. The van der Waals surface area contributed by atoms with Gasteiger partial charge in [0.05, 0.1) is 16.5 Å². The van der Waals surface area contributed by atoms with E-state index in [1.54, 1.807) is 18.2 Å². The Labute approximate surface area is 126 Å². The molecule has 2 rings (SSSR count). The molecule has 0 amide bonds. The molecule has 1 fully saturated rings. The molecule has 0 atom stereocenters. The van der Waals surface area contributed by atoms with Crippen LogP contribution in [0.3, 0.4) is 0 Å². The largest absolute Gasteiger partial charge is 0.309 e. The first-order valence-electron chi connectivity index (χ1n) is 7.08. The van der Waals surface area contributed by atoms with E-state index in [4.69, 9.17) is 5.26 Å². The quantitative estimate of drug-likeness (QED) is 0.846. The Bertz CT molecular complexity index is 627. The minimum Gasteiger partial charge on any atom is -0.309 e. The van der Waals surface area contributed by atoms with E-state index in [0.717, 1.165) is 19.4 Å². The van der Waals surface area contributed by atoms with Crippen LogP contribution in [-0.4, -0.2) is 51.4 Å². The van der Waals surface area contributed by atoms with Gasteiger partial charge in [0.25, 0.3) is 0 Å². The van der Waals surface area contributed by atoms with Gasteiger partial charge in [-0.05, 0) is 51.1 Å². The molecule has 114 valence electrons. The van der Waals surface area contributed by atoms with Gasteiger partial charge < -0.3 is 4.90 Å². The van der Waals surface area contributed by atoms with Crippen molar-refractivity contribution in [2.45, 2.75) is 17.7 Å². The maximum atomic E-state index is 12.6. The van der Waals surface area contributed by atoms with Crippen molar-refractivity contribution in [1.29, 1.82) is 5.26 Å². The van der Waals surface area contributed by atoms with Gasteiger partial charge in [-0.25, -0.2) is 8.42 Å². The average molecular weight is 307 g/mol. The van der Waals surface area contributed by atoms with Crippen LogP contribution in [0.25, 0.3) is 0 Å². The molecule has 0 N–H and O–H groups in total. The van der Waals surface area contributed by atoms with E-state index in [-0.39, 0.29) is 4.90 Å². The fourth-order valence-corrected chi connectivity index (χ4v) is 4.24. The van der Waals surface area contributed by atoms with E-state index in [9.17, 15) is 8.42 Å². The molecule has 1 saturated heterocycles. The molecule has 1 aromatic rings. The number of rotatable bonds is 4. The molecule has 0 aliphatic carbocycles. The molecule has 21 heavy (non-hydrogen) atoms. The van der Waals surface area contributed by atoms with Gasteiger partial charge in [0, 0.05) is 19.6 Å². The van der Waals surface area contributed by atoms with E-state index in [2.05, 4.69) is 4.90 Å². The number of sulfonamides is 1. The highest BCUT2D eigenvalue weighted by Gasteiger charge is 2.29. The first-order chi connectivity index (χ1) is 9.93. The molecule has 0 radical (unpaired) electrons. The maximum absolute atomic E-state index is 12.6. The first kappa shape index (κ1) is 16.0. The Balaban J connectivity index is 2.09. The van der Waals surface area contributed by atoms with Crippen molar-refractivity contribution < 1.29 is 8.42 Å². The molecule has 0 bridgehead atoms. The average Bonchev–Trinajstić information content (AvgIpc) is 2.47. The highest BCUT2D eigenvalue weighted by molar-refractivity contribution is 7.89. The summed E-state index contributed by atoms with van der Waals surface area (Å²) in [6.07, 6.45) is 1.77. The van der Waals surface area contributed by atoms with E-state index in [0.29, 0.717) is 24.6 Å². The summed E-state index contributed by atoms with van der Waals surface area (Å²) in [5.74, 6) is 0.553. The number of hydrogen-bond acceptors (Lipinski definition) is 4. The zero-order valence-corrected chi connectivity index (χ0v) is 13.3. The van der Waals surface area contributed by atoms with Crippen molar-refractivity contribution >= 4 is 10.0 Å². The predicted molar refractivity (Wildman–Crippen MR) is 81.2 cm³/mol. The van der Waals surface area contributed by atoms with Crippen molar-refractivity contribution in [3.63, 3.8) is 0 Å². The molecule has 0 saturated carbocycles. The standard InChI is InChI=1S/C15H21N3O2S/c1-17(2)12-13-6-8-18(9-7-13)21(19,20)15-5-3-4-14(10-15)11-16/h3-5,10,13H,6-9,12H2,1-2H3. The second-order valence-electron chi connectivity index (χ2n) is 5.75. The van der Waals surface area contributed by atoms with Gasteiger partial charge in [-0.3, -0.25) is 0 Å². The summed E-state index contributed by atoms with van der Waals surface area (Å²) in [6.45, 7) is 2.10. The third-order valence-corrected chi connectivity index (χ3v) is 5.69. The summed E-state index contributed by atoms with van der Waals surface area (Å²) in [6, 6.07) is 8.21. The normalized spacial score (nSPS) is 17.8. The molecule has 1 aliphatic rings. The van der Waals surface area contributed by atoms with E-state index >= 15 is 0 Å². The summed E-state index contributed by atoms with van der Waals surface area (Å²) in [4.78, 5) is 2.36. The zero-order chi connectivity index (χ0) is 15.5. The van der Waals surface area contributed by atoms with E-state index in [1.807, 2.05) is 20.2 Å². The van der Waals surface area contributed by atoms with Crippen LogP contribution < -0.4 is 0 Å². The van der Waals surface area contributed by atoms with Crippen LogP contribution in [0.4, 0.5) is 0 Å². The van der Waals surface area contributed by atoms with Gasteiger partial charge in [0.2, 0.25) is 10.0 Å². The lowest BCUT2D eigenvalue weighted by molar-refractivity contribution is 0.225. The molecule has 1 aromatic carbocycles. The zero-order valence-electron chi connectivity index (χ0n) is 12.5. The number of benzene rings is 1. The predicted octanol–water partition coefficient (Wildman–Crippen LogP) is 1.52. The highest BCUT2D eigenvalue weighted by Crippen LogP contribution is 2.24. The van der Waals surface area contributed by atoms with Crippen LogP contribution in [-0.2, 0) is 10.0 Å². The van der Waals surface area contributed by atoms with Gasteiger partial charge in [-0.15, -0.1) is 0 Å². The Kier molecular flexibility index (Phi) is 4.99. The van der Waals surface area contributed by atoms with Gasteiger partial charge in [0.1, 0.15) is 0 Å². The van der Waals surface area contributed by atoms with Crippen molar-refractivity contribution in [2.24, 2.45) is 5.92 Å². The summed E-state index contributed by atoms with van der Waals surface area (Å²) < 4.78 is 26.7. The molecular formula is C15H21N3O2S. The number of nitriles is 1. The number of piperidine rings is 1. The lowest BCUT2D eigenvalue weighted by atomic mass is 9.98. The minimum atomic E-state index is -3.48. The lowest BCUT2D eigenvalue weighted by Gasteiger charge is -2.32. The molecule has 0 aromatic heterocycles. The minimum absolute atomic E-state index is 0.215. The van der Waals surface area contributed by atoms with Crippen molar-refractivity contribution in [3.05, 3.63) is 29.8 Å². The molecule has 5 nitrogen and oxygen atoms in total. The van der Waals surface area contributed by atoms with Crippen LogP contribution in [0.1, 0.15) is 18.4 Å².